The molecule has 28 heavy (non-hydrogen) atoms. The third kappa shape index (κ3) is 4.82. The summed E-state index contributed by atoms with van der Waals surface area (Å²) < 4.78 is 0. The second-order valence-corrected chi connectivity index (χ2v) is 6.55. The molecule has 138 valence electrons. The molecule has 0 saturated carbocycles. The predicted octanol–water partition coefficient (Wildman–Crippen LogP) is 5.12. The third-order valence-corrected chi connectivity index (χ3v) is 4.56. The smallest absolute Gasteiger partial charge is 0.193 e. The lowest BCUT2D eigenvalue weighted by Crippen LogP contribution is -2.13. The van der Waals surface area contributed by atoms with E-state index in [0.717, 1.165) is 30.6 Å². The number of hydrogen-bond donors (Lipinski definition) is 1. The van der Waals surface area contributed by atoms with Crippen LogP contribution >= 0.6 is 0 Å². The fourth-order valence-corrected chi connectivity index (χ4v) is 2.93. The highest BCUT2D eigenvalue weighted by molar-refractivity contribution is 6.09. The van der Waals surface area contributed by atoms with Crippen molar-refractivity contribution in [2.75, 3.05) is 6.54 Å². The van der Waals surface area contributed by atoms with E-state index in [1.807, 2.05) is 30.3 Å². The molecule has 1 N–H and O–H groups in total. The maximum Gasteiger partial charge on any atom is 0.193 e. The van der Waals surface area contributed by atoms with Crippen molar-refractivity contribution in [2.24, 2.45) is 0 Å². The zero-order valence-electron chi connectivity index (χ0n) is 15.7. The van der Waals surface area contributed by atoms with Gasteiger partial charge in [-0.15, -0.1) is 6.58 Å². The molecule has 3 nitrogen and oxygen atoms in total. The molecule has 3 heteroatoms. The first-order valence-electron chi connectivity index (χ1n) is 9.27. The zero-order chi connectivity index (χ0) is 19.8. The van der Waals surface area contributed by atoms with Crippen LogP contribution in [0.3, 0.4) is 0 Å². The number of nitriles is 1. The molecule has 0 radical (unpaired) electrons. The topological polar surface area (TPSA) is 52.9 Å². The van der Waals surface area contributed by atoms with Gasteiger partial charge in [-0.1, -0.05) is 54.6 Å². The summed E-state index contributed by atoms with van der Waals surface area (Å²) in [6.45, 7) is 5.49. The molecule has 3 aromatic rings. The highest BCUT2D eigenvalue weighted by atomic mass is 16.1. The van der Waals surface area contributed by atoms with Gasteiger partial charge in [0.2, 0.25) is 0 Å². The molecule has 0 spiro atoms. The summed E-state index contributed by atoms with van der Waals surface area (Å²) >= 11 is 0. The third-order valence-electron chi connectivity index (χ3n) is 4.56. The summed E-state index contributed by atoms with van der Waals surface area (Å²) in [7, 11) is 0. The van der Waals surface area contributed by atoms with Crippen molar-refractivity contribution < 1.29 is 4.79 Å². The number of nitrogens with one attached hydrogen (secondary N) is 1. The van der Waals surface area contributed by atoms with Crippen LogP contribution in [0.15, 0.2) is 85.5 Å². The van der Waals surface area contributed by atoms with Crippen LogP contribution in [-0.2, 0) is 6.54 Å². The molecule has 0 aliphatic heterocycles. The molecule has 0 aliphatic rings. The van der Waals surface area contributed by atoms with Crippen LogP contribution < -0.4 is 5.32 Å². The summed E-state index contributed by atoms with van der Waals surface area (Å²) in [4.78, 5) is 12.6. The maximum atomic E-state index is 12.6. The first-order chi connectivity index (χ1) is 13.7. The van der Waals surface area contributed by atoms with Gasteiger partial charge in [0, 0.05) is 17.7 Å². The van der Waals surface area contributed by atoms with Crippen molar-refractivity contribution in [3.8, 4) is 17.2 Å². The first-order valence-corrected chi connectivity index (χ1v) is 9.27. The van der Waals surface area contributed by atoms with Crippen molar-refractivity contribution in [3.63, 3.8) is 0 Å². The van der Waals surface area contributed by atoms with Gasteiger partial charge in [-0.25, -0.2) is 0 Å². The number of hydrogen-bond acceptors (Lipinski definition) is 3. The van der Waals surface area contributed by atoms with Gasteiger partial charge in [0.05, 0.1) is 11.6 Å². The van der Waals surface area contributed by atoms with Gasteiger partial charge in [-0.2, -0.15) is 5.26 Å². The standard InChI is InChI=1S/C25H22N2O/c1-2-3-16-27-18-20-6-8-21(9-7-20)22-12-14-24(15-13-22)25(28)23-10-4-19(17-26)5-11-23/h2,4-15,27H,1,3,16,18H2. The fraction of sp³-hybridized carbons (Fsp3) is 0.120. The second-order valence-electron chi connectivity index (χ2n) is 6.55. The highest BCUT2D eigenvalue weighted by Gasteiger charge is 2.09. The van der Waals surface area contributed by atoms with E-state index in [9.17, 15) is 4.79 Å². The van der Waals surface area contributed by atoms with Gasteiger partial charge in [-0.3, -0.25) is 4.79 Å². The van der Waals surface area contributed by atoms with Gasteiger partial charge in [0.15, 0.2) is 5.78 Å². The van der Waals surface area contributed by atoms with Crippen molar-refractivity contribution in [3.05, 3.63) is 108 Å². The summed E-state index contributed by atoms with van der Waals surface area (Å²) in [5.74, 6) is -0.0445. The predicted molar refractivity (Wildman–Crippen MR) is 113 cm³/mol. The lowest BCUT2D eigenvalue weighted by molar-refractivity contribution is 0.103. The average Bonchev–Trinajstić information content (AvgIpc) is 2.77. The summed E-state index contributed by atoms with van der Waals surface area (Å²) in [5.41, 5.74) is 5.19. The molecule has 3 aromatic carbocycles. The Bertz CT molecular complexity index is 979. The molecule has 0 saturated heterocycles. The monoisotopic (exact) mass is 366 g/mol. The Morgan fingerprint density at radius 2 is 1.43 bits per heavy atom. The minimum Gasteiger partial charge on any atom is -0.312 e. The first kappa shape index (κ1) is 19.3. The molecule has 0 unspecified atom stereocenters. The Balaban J connectivity index is 1.67. The van der Waals surface area contributed by atoms with Crippen LogP contribution in [-0.4, -0.2) is 12.3 Å². The molecule has 0 bridgehead atoms. The lowest BCUT2D eigenvalue weighted by Gasteiger charge is -2.07. The SMILES string of the molecule is C=CCCNCc1ccc(-c2ccc(C(=O)c3ccc(C#N)cc3)cc2)cc1. The van der Waals surface area contributed by atoms with E-state index in [4.69, 9.17) is 5.26 Å². The van der Waals surface area contributed by atoms with E-state index in [2.05, 4.69) is 42.2 Å². The number of ketones is 1. The van der Waals surface area contributed by atoms with E-state index in [0.29, 0.717) is 16.7 Å². The molecule has 0 aromatic heterocycles. The number of benzene rings is 3. The van der Waals surface area contributed by atoms with Crippen LogP contribution in [0, 0.1) is 11.3 Å². The zero-order valence-corrected chi connectivity index (χ0v) is 15.7. The number of carbonyl (C=O) groups is 1. The van der Waals surface area contributed by atoms with Crippen molar-refractivity contribution in [1.82, 2.24) is 5.32 Å². The van der Waals surface area contributed by atoms with Crippen LogP contribution in [0.2, 0.25) is 0 Å². The number of rotatable bonds is 8. The van der Waals surface area contributed by atoms with Crippen LogP contribution in [0.5, 0.6) is 0 Å². The minimum absolute atomic E-state index is 0.0445. The average molecular weight is 366 g/mol. The van der Waals surface area contributed by atoms with Crippen LogP contribution in [0.4, 0.5) is 0 Å². The molecule has 0 amide bonds. The van der Waals surface area contributed by atoms with E-state index in [1.165, 1.54) is 5.56 Å². The Labute approximate surface area is 166 Å². The van der Waals surface area contributed by atoms with E-state index >= 15 is 0 Å². The van der Waals surface area contributed by atoms with E-state index in [1.54, 1.807) is 24.3 Å². The number of nitrogens with zero attached hydrogens (tertiary/aromatic N) is 1. The molecule has 0 heterocycles. The largest absolute Gasteiger partial charge is 0.312 e. The normalized spacial score (nSPS) is 10.2. The maximum absolute atomic E-state index is 12.6. The Kier molecular flexibility index (Phi) is 6.51. The van der Waals surface area contributed by atoms with Gasteiger partial charge in [0.25, 0.3) is 0 Å². The van der Waals surface area contributed by atoms with Gasteiger partial charge < -0.3 is 5.32 Å². The summed E-state index contributed by atoms with van der Waals surface area (Å²) in [6, 6.07) is 24.8. The van der Waals surface area contributed by atoms with E-state index in [-0.39, 0.29) is 5.78 Å². The molecule has 0 fully saturated rings. The van der Waals surface area contributed by atoms with Gasteiger partial charge >= 0.3 is 0 Å². The highest BCUT2D eigenvalue weighted by Crippen LogP contribution is 2.21. The quantitative estimate of drug-likeness (QED) is 0.342. The summed E-state index contributed by atoms with van der Waals surface area (Å²) in [5, 5.41) is 12.2. The molecule has 0 aliphatic carbocycles. The van der Waals surface area contributed by atoms with Crippen LogP contribution in [0.1, 0.15) is 33.5 Å². The molecule has 0 atom stereocenters. The van der Waals surface area contributed by atoms with Crippen LogP contribution in [0.25, 0.3) is 11.1 Å². The Morgan fingerprint density at radius 3 is 1.96 bits per heavy atom. The molecular formula is C25H22N2O. The minimum atomic E-state index is -0.0445. The van der Waals surface area contributed by atoms with Gasteiger partial charge in [0.1, 0.15) is 0 Å². The Hall–Kier alpha value is -3.48. The lowest BCUT2D eigenvalue weighted by atomic mass is 9.98. The van der Waals surface area contributed by atoms with E-state index < -0.39 is 0 Å². The second kappa shape index (κ2) is 9.45. The van der Waals surface area contributed by atoms with Gasteiger partial charge in [-0.05, 0) is 53.9 Å². The van der Waals surface area contributed by atoms with Crippen molar-refractivity contribution in [1.29, 1.82) is 5.26 Å². The molecule has 3 rings (SSSR count). The van der Waals surface area contributed by atoms with Crippen molar-refractivity contribution >= 4 is 5.78 Å². The fourth-order valence-electron chi connectivity index (χ4n) is 2.93. The molecular weight excluding hydrogens is 344 g/mol. The number of carbonyl (C=O) groups excluding carboxylic acids is 1. The summed E-state index contributed by atoms with van der Waals surface area (Å²) in [6.07, 6.45) is 2.87. The van der Waals surface area contributed by atoms with Crippen molar-refractivity contribution in [2.45, 2.75) is 13.0 Å². The Morgan fingerprint density at radius 1 is 0.893 bits per heavy atom.